The standard InChI is InChI=1S/C21H29N3O/c1-5-16-17(6-2)21(24-20(16)10-14(3)12-22)11-19-18(8-7-9-25)15(4)13-23-19/h10,13,23-25H,5-9,11H2,1-4H3/b14-10-. The van der Waals surface area contributed by atoms with E-state index in [1.54, 1.807) is 0 Å². The van der Waals surface area contributed by atoms with Crippen LogP contribution in [0.1, 0.15) is 66.5 Å². The molecule has 0 aliphatic rings. The number of nitriles is 1. The van der Waals surface area contributed by atoms with Gasteiger partial charge in [0.25, 0.3) is 0 Å². The van der Waals surface area contributed by atoms with E-state index in [-0.39, 0.29) is 6.61 Å². The van der Waals surface area contributed by atoms with Crippen molar-refractivity contribution in [2.24, 2.45) is 0 Å². The van der Waals surface area contributed by atoms with Crippen LogP contribution in [0.2, 0.25) is 0 Å². The predicted molar refractivity (Wildman–Crippen MR) is 103 cm³/mol. The number of aryl methyl sites for hydroxylation is 1. The Bertz CT molecular complexity index is 787. The van der Waals surface area contributed by atoms with Crippen LogP contribution >= 0.6 is 0 Å². The second kappa shape index (κ2) is 8.73. The minimum absolute atomic E-state index is 0.217. The Morgan fingerprint density at radius 1 is 1.20 bits per heavy atom. The van der Waals surface area contributed by atoms with Gasteiger partial charge in [-0.15, -0.1) is 0 Å². The molecule has 0 fully saturated rings. The van der Waals surface area contributed by atoms with Gasteiger partial charge in [0.05, 0.1) is 6.07 Å². The lowest BCUT2D eigenvalue weighted by molar-refractivity contribution is 0.288. The molecule has 2 rings (SSSR count). The molecule has 4 nitrogen and oxygen atoms in total. The molecule has 0 saturated heterocycles. The lowest BCUT2D eigenvalue weighted by Crippen LogP contribution is -2.00. The van der Waals surface area contributed by atoms with Crippen LogP contribution in [0.25, 0.3) is 6.08 Å². The SMILES string of the molecule is CCc1c(/C=C(/C)C#N)[nH]c(Cc2[nH]cc(C)c2CCCO)c1CC. The summed E-state index contributed by atoms with van der Waals surface area (Å²) in [5, 5.41) is 18.2. The lowest BCUT2D eigenvalue weighted by atomic mass is 9.98. The number of aromatic nitrogens is 2. The first-order valence-electron chi connectivity index (χ1n) is 9.13. The van der Waals surface area contributed by atoms with E-state index in [9.17, 15) is 0 Å². The van der Waals surface area contributed by atoms with Crippen LogP contribution in [0.4, 0.5) is 0 Å². The summed E-state index contributed by atoms with van der Waals surface area (Å²) in [6.07, 6.45) is 8.43. The van der Waals surface area contributed by atoms with Gasteiger partial charge in [-0.1, -0.05) is 13.8 Å². The highest BCUT2D eigenvalue weighted by molar-refractivity contribution is 5.60. The first kappa shape index (κ1) is 19.1. The highest BCUT2D eigenvalue weighted by Gasteiger charge is 2.16. The summed E-state index contributed by atoms with van der Waals surface area (Å²) >= 11 is 0. The van der Waals surface area contributed by atoms with Gasteiger partial charge >= 0.3 is 0 Å². The van der Waals surface area contributed by atoms with E-state index in [2.05, 4.69) is 43.0 Å². The molecular formula is C21H29N3O. The zero-order valence-corrected chi connectivity index (χ0v) is 15.8. The summed E-state index contributed by atoms with van der Waals surface area (Å²) < 4.78 is 0. The zero-order chi connectivity index (χ0) is 18.4. The molecule has 2 heterocycles. The quantitative estimate of drug-likeness (QED) is 0.630. The van der Waals surface area contributed by atoms with Crippen molar-refractivity contribution >= 4 is 6.08 Å². The molecule has 0 atom stereocenters. The van der Waals surface area contributed by atoms with Crippen LogP contribution in [0.3, 0.4) is 0 Å². The Kier molecular flexibility index (Phi) is 6.66. The monoisotopic (exact) mass is 339 g/mol. The number of aliphatic hydroxyl groups excluding tert-OH is 1. The normalized spacial score (nSPS) is 11.8. The Morgan fingerprint density at radius 2 is 1.92 bits per heavy atom. The molecule has 0 aliphatic carbocycles. The fraction of sp³-hybridized carbons (Fsp3) is 0.476. The fourth-order valence-electron chi connectivity index (χ4n) is 3.56. The second-order valence-electron chi connectivity index (χ2n) is 6.55. The van der Waals surface area contributed by atoms with E-state index < -0.39 is 0 Å². The molecule has 4 heteroatoms. The fourth-order valence-corrected chi connectivity index (χ4v) is 3.56. The summed E-state index contributed by atoms with van der Waals surface area (Å²) in [6, 6.07) is 2.21. The maximum Gasteiger partial charge on any atom is 0.0944 e. The number of aliphatic hydroxyl groups is 1. The lowest BCUT2D eigenvalue weighted by Gasteiger charge is -2.07. The van der Waals surface area contributed by atoms with Crippen LogP contribution in [-0.2, 0) is 25.7 Å². The molecule has 0 bridgehead atoms. The minimum Gasteiger partial charge on any atom is -0.396 e. The average Bonchev–Trinajstić information content (AvgIpc) is 3.12. The predicted octanol–water partition coefficient (Wildman–Crippen LogP) is 4.22. The van der Waals surface area contributed by atoms with Crippen LogP contribution in [-0.4, -0.2) is 21.7 Å². The van der Waals surface area contributed by atoms with Gasteiger partial charge in [-0.25, -0.2) is 0 Å². The van der Waals surface area contributed by atoms with Crippen molar-refractivity contribution in [3.63, 3.8) is 0 Å². The van der Waals surface area contributed by atoms with Crippen molar-refractivity contribution in [2.45, 2.75) is 59.8 Å². The van der Waals surface area contributed by atoms with Crippen LogP contribution < -0.4 is 0 Å². The number of nitrogens with one attached hydrogen (secondary N) is 2. The van der Waals surface area contributed by atoms with Gasteiger partial charge in [-0.05, 0) is 67.9 Å². The maximum atomic E-state index is 9.15. The average molecular weight is 339 g/mol. The first-order chi connectivity index (χ1) is 12.0. The van der Waals surface area contributed by atoms with E-state index >= 15 is 0 Å². The van der Waals surface area contributed by atoms with Crippen molar-refractivity contribution in [3.8, 4) is 6.07 Å². The van der Waals surface area contributed by atoms with Crippen molar-refractivity contribution in [1.29, 1.82) is 5.26 Å². The molecular weight excluding hydrogens is 310 g/mol. The summed E-state index contributed by atoms with van der Waals surface area (Å²) in [6.45, 7) is 8.52. The number of allylic oxidation sites excluding steroid dienone is 1. The van der Waals surface area contributed by atoms with Gasteiger partial charge in [-0.3, -0.25) is 0 Å². The Labute approximate surface area is 150 Å². The molecule has 0 aromatic carbocycles. The molecule has 0 saturated carbocycles. The molecule has 0 unspecified atom stereocenters. The highest BCUT2D eigenvalue weighted by Crippen LogP contribution is 2.26. The number of H-pyrrole nitrogens is 2. The number of nitrogens with zero attached hydrogens (tertiary/aromatic N) is 1. The van der Waals surface area contributed by atoms with E-state index in [4.69, 9.17) is 10.4 Å². The largest absolute Gasteiger partial charge is 0.396 e. The van der Waals surface area contributed by atoms with Gasteiger partial charge in [0.15, 0.2) is 0 Å². The van der Waals surface area contributed by atoms with Crippen LogP contribution in [0, 0.1) is 18.3 Å². The third-order valence-corrected chi connectivity index (χ3v) is 4.83. The summed E-state index contributed by atoms with van der Waals surface area (Å²) in [5.74, 6) is 0. The van der Waals surface area contributed by atoms with Gasteiger partial charge in [0.2, 0.25) is 0 Å². The molecule has 0 radical (unpaired) electrons. The van der Waals surface area contributed by atoms with Crippen molar-refractivity contribution in [2.75, 3.05) is 6.61 Å². The first-order valence-corrected chi connectivity index (χ1v) is 9.13. The van der Waals surface area contributed by atoms with Crippen molar-refractivity contribution < 1.29 is 5.11 Å². The highest BCUT2D eigenvalue weighted by atomic mass is 16.2. The smallest absolute Gasteiger partial charge is 0.0944 e. The summed E-state index contributed by atoms with van der Waals surface area (Å²) in [4.78, 5) is 6.97. The molecule has 0 amide bonds. The number of hydrogen-bond acceptors (Lipinski definition) is 2. The Hall–Kier alpha value is -2.25. The van der Waals surface area contributed by atoms with Crippen molar-refractivity contribution in [3.05, 3.63) is 51.1 Å². The second-order valence-corrected chi connectivity index (χ2v) is 6.55. The van der Waals surface area contributed by atoms with E-state index in [1.807, 2.05) is 13.0 Å². The molecule has 2 aromatic rings. The Balaban J connectivity index is 2.42. The number of rotatable bonds is 8. The molecule has 0 aliphatic heterocycles. The van der Waals surface area contributed by atoms with E-state index in [1.165, 1.54) is 33.6 Å². The van der Waals surface area contributed by atoms with Gasteiger partial charge in [0, 0.05) is 41.9 Å². The topological polar surface area (TPSA) is 75.6 Å². The third kappa shape index (κ3) is 4.24. The summed E-state index contributed by atoms with van der Waals surface area (Å²) in [5.41, 5.74) is 9.46. The van der Waals surface area contributed by atoms with Gasteiger partial charge in [0.1, 0.15) is 0 Å². The van der Waals surface area contributed by atoms with Crippen molar-refractivity contribution in [1.82, 2.24) is 9.97 Å². The van der Waals surface area contributed by atoms with Crippen LogP contribution in [0.5, 0.6) is 0 Å². The summed E-state index contributed by atoms with van der Waals surface area (Å²) in [7, 11) is 0. The van der Waals surface area contributed by atoms with E-state index in [0.29, 0.717) is 5.57 Å². The molecule has 134 valence electrons. The third-order valence-electron chi connectivity index (χ3n) is 4.83. The molecule has 2 aromatic heterocycles. The van der Waals surface area contributed by atoms with Gasteiger partial charge in [-0.2, -0.15) is 5.26 Å². The Morgan fingerprint density at radius 3 is 2.52 bits per heavy atom. The number of hydrogen-bond donors (Lipinski definition) is 3. The van der Waals surface area contributed by atoms with Gasteiger partial charge < -0.3 is 15.1 Å². The number of aromatic amines is 2. The zero-order valence-electron chi connectivity index (χ0n) is 15.8. The molecule has 25 heavy (non-hydrogen) atoms. The van der Waals surface area contributed by atoms with E-state index in [0.717, 1.165) is 37.8 Å². The minimum atomic E-state index is 0.217. The molecule has 3 N–H and O–H groups in total. The van der Waals surface area contributed by atoms with Crippen LogP contribution in [0.15, 0.2) is 11.8 Å². The maximum absolute atomic E-state index is 9.15. The molecule has 0 spiro atoms.